The molecule has 0 bridgehead atoms. The Bertz CT molecular complexity index is 450. The Morgan fingerprint density at radius 3 is 2.10 bits per heavy atom. The normalized spacial score (nSPS) is 10.4. The maximum Gasteiger partial charge on any atom is 0.251 e. The topological polar surface area (TPSA) is 60.0 Å². The summed E-state index contributed by atoms with van der Waals surface area (Å²) < 4.78 is 15.7. The smallest absolute Gasteiger partial charge is 0.251 e. The molecule has 0 aromatic heterocycles. The average molecular weight is 296 g/mol. The highest BCUT2D eigenvalue weighted by molar-refractivity contribution is 5.95. The number of methoxy groups -OCH3 is 3. The van der Waals surface area contributed by atoms with Gasteiger partial charge in [0.25, 0.3) is 5.91 Å². The van der Waals surface area contributed by atoms with Crippen molar-refractivity contribution in [2.45, 2.75) is 6.42 Å². The molecule has 0 aliphatic heterocycles. The van der Waals surface area contributed by atoms with Crippen molar-refractivity contribution in [2.24, 2.45) is 0 Å². The summed E-state index contributed by atoms with van der Waals surface area (Å²) in [5, 5.41) is 2.88. The largest absolute Gasteiger partial charge is 0.493 e. The maximum absolute atomic E-state index is 12.1. The first kappa shape index (κ1) is 17.1. The summed E-state index contributed by atoms with van der Waals surface area (Å²) in [5.41, 5.74) is 0.481. The molecule has 6 nitrogen and oxygen atoms in total. The van der Waals surface area contributed by atoms with Crippen molar-refractivity contribution in [3.63, 3.8) is 0 Å². The van der Waals surface area contributed by atoms with Crippen molar-refractivity contribution >= 4 is 5.91 Å². The van der Waals surface area contributed by atoms with Gasteiger partial charge in [0.2, 0.25) is 5.75 Å². The Kier molecular flexibility index (Phi) is 6.81. The number of benzene rings is 1. The predicted octanol–water partition coefficient (Wildman–Crippen LogP) is 1.39. The molecule has 6 heteroatoms. The number of nitrogens with one attached hydrogen (secondary N) is 1. The molecule has 0 saturated heterocycles. The fourth-order valence-electron chi connectivity index (χ4n) is 1.91. The molecule has 1 N–H and O–H groups in total. The van der Waals surface area contributed by atoms with E-state index in [4.69, 9.17) is 14.2 Å². The Balaban J connectivity index is 2.80. The fraction of sp³-hybridized carbons (Fsp3) is 0.533. The molecule has 0 heterocycles. The Morgan fingerprint density at radius 2 is 1.67 bits per heavy atom. The molecular formula is C15H24N2O4. The van der Waals surface area contributed by atoms with Gasteiger partial charge in [0.05, 0.1) is 21.3 Å². The molecule has 0 aliphatic rings. The van der Waals surface area contributed by atoms with E-state index in [1.807, 2.05) is 14.1 Å². The van der Waals surface area contributed by atoms with E-state index in [1.54, 1.807) is 12.1 Å². The van der Waals surface area contributed by atoms with E-state index >= 15 is 0 Å². The lowest BCUT2D eigenvalue weighted by Gasteiger charge is -2.14. The highest BCUT2D eigenvalue weighted by Gasteiger charge is 2.16. The predicted molar refractivity (Wildman–Crippen MR) is 81.6 cm³/mol. The quantitative estimate of drug-likeness (QED) is 0.735. The maximum atomic E-state index is 12.1. The van der Waals surface area contributed by atoms with Crippen LogP contribution in [0, 0.1) is 0 Å². The van der Waals surface area contributed by atoms with Crippen LogP contribution in [0.2, 0.25) is 0 Å². The number of hydrogen-bond acceptors (Lipinski definition) is 5. The van der Waals surface area contributed by atoms with Crippen molar-refractivity contribution in [1.82, 2.24) is 10.2 Å². The summed E-state index contributed by atoms with van der Waals surface area (Å²) in [5.74, 6) is 1.25. The first-order chi connectivity index (χ1) is 10.0. The van der Waals surface area contributed by atoms with Crippen LogP contribution in [-0.4, -0.2) is 59.3 Å². The molecule has 118 valence electrons. The molecule has 0 saturated carbocycles. The van der Waals surface area contributed by atoms with Crippen molar-refractivity contribution < 1.29 is 19.0 Å². The zero-order valence-corrected chi connectivity index (χ0v) is 13.4. The molecule has 0 aliphatic carbocycles. The molecule has 0 radical (unpaired) electrons. The van der Waals surface area contributed by atoms with Gasteiger partial charge in [0, 0.05) is 12.1 Å². The van der Waals surface area contributed by atoms with E-state index < -0.39 is 0 Å². The Hall–Kier alpha value is -1.95. The Labute approximate surface area is 126 Å². The number of carbonyl (C=O) groups is 1. The number of rotatable bonds is 8. The van der Waals surface area contributed by atoms with Gasteiger partial charge in [-0.1, -0.05) is 0 Å². The fourth-order valence-corrected chi connectivity index (χ4v) is 1.91. The molecule has 1 aromatic carbocycles. The number of nitrogens with zero attached hydrogens (tertiary/aromatic N) is 1. The van der Waals surface area contributed by atoms with Gasteiger partial charge in [-0.05, 0) is 39.2 Å². The average Bonchev–Trinajstić information content (AvgIpc) is 2.49. The summed E-state index contributed by atoms with van der Waals surface area (Å²) >= 11 is 0. The molecule has 1 aromatic rings. The van der Waals surface area contributed by atoms with Gasteiger partial charge in [-0.2, -0.15) is 0 Å². The molecule has 0 spiro atoms. The first-order valence-electron chi connectivity index (χ1n) is 6.76. The van der Waals surface area contributed by atoms with Gasteiger partial charge < -0.3 is 24.4 Å². The van der Waals surface area contributed by atoms with Crippen LogP contribution in [-0.2, 0) is 0 Å². The number of hydrogen-bond donors (Lipinski definition) is 1. The van der Waals surface area contributed by atoms with E-state index in [0.29, 0.717) is 29.4 Å². The monoisotopic (exact) mass is 296 g/mol. The van der Waals surface area contributed by atoms with Crippen LogP contribution >= 0.6 is 0 Å². The summed E-state index contributed by atoms with van der Waals surface area (Å²) in [7, 11) is 8.58. The van der Waals surface area contributed by atoms with Gasteiger partial charge >= 0.3 is 0 Å². The van der Waals surface area contributed by atoms with Gasteiger partial charge in [-0.3, -0.25) is 4.79 Å². The zero-order chi connectivity index (χ0) is 15.8. The van der Waals surface area contributed by atoms with Crippen LogP contribution in [0.4, 0.5) is 0 Å². The molecule has 1 rings (SSSR count). The first-order valence-corrected chi connectivity index (χ1v) is 6.76. The van der Waals surface area contributed by atoms with Gasteiger partial charge in [0.15, 0.2) is 11.5 Å². The minimum Gasteiger partial charge on any atom is -0.493 e. The molecular weight excluding hydrogens is 272 g/mol. The minimum atomic E-state index is -0.159. The van der Waals surface area contributed by atoms with E-state index in [2.05, 4.69) is 10.2 Å². The van der Waals surface area contributed by atoms with E-state index in [0.717, 1.165) is 13.0 Å². The van der Waals surface area contributed by atoms with E-state index in [9.17, 15) is 4.79 Å². The second-order valence-electron chi connectivity index (χ2n) is 4.83. The van der Waals surface area contributed by atoms with E-state index in [-0.39, 0.29) is 5.91 Å². The van der Waals surface area contributed by atoms with Crippen LogP contribution in [0.3, 0.4) is 0 Å². The third-order valence-corrected chi connectivity index (χ3v) is 2.99. The number of amides is 1. The van der Waals surface area contributed by atoms with Gasteiger partial charge in [0.1, 0.15) is 0 Å². The summed E-state index contributed by atoms with van der Waals surface area (Å²) in [4.78, 5) is 14.2. The molecule has 0 atom stereocenters. The lowest BCUT2D eigenvalue weighted by Crippen LogP contribution is -2.27. The second-order valence-corrected chi connectivity index (χ2v) is 4.83. The highest BCUT2D eigenvalue weighted by atomic mass is 16.5. The summed E-state index contributed by atoms with van der Waals surface area (Å²) in [6.07, 6.45) is 0.892. The minimum absolute atomic E-state index is 0.159. The van der Waals surface area contributed by atoms with Crippen molar-refractivity contribution in [2.75, 3.05) is 48.5 Å². The molecule has 21 heavy (non-hydrogen) atoms. The SMILES string of the molecule is COc1cc(C(=O)NCCCN(C)C)cc(OC)c1OC. The van der Waals surface area contributed by atoms with Crippen LogP contribution in [0.5, 0.6) is 17.2 Å². The van der Waals surface area contributed by atoms with Crippen LogP contribution in [0.15, 0.2) is 12.1 Å². The van der Waals surface area contributed by atoms with Gasteiger partial charge in [-0.25, -0.2) is 0 Å². The summed E-state index contributed by atoms with van der Waals surface area (Å²) in [6.45, 7) is 1.54. The van der Waals surface area contributed by atoms with Crippen molar-refractivity contribution in [1.29, 1.82) is 0 Å². The van der Waals surface area contributed by atoms with Crippen LogP contribution in [0.1, 0.15) is 16.8 Å². The Morgan fingerprint density at radius 1 is 1.10 bits per heavy atom. The lowest BCUT2D eigenvalue weighted by molar-refractivity contribution is 0.0951. The zero-order valence-electron chi connectivity index (χ0n) is 13.4. The molecule has 0 unspecified atom stereocenters. The number of ether oxygens (including phenoxy) is 3. The molecule has 1 amide bonds. The van der Waals surface area contributed by atoms with Crippen LogP contribution < -0.4 is 19.5 Å². The van der Waals surface area contributed by atoms with Gasteiger partial charge in [-0.15, -0.1) is 0 Å². The van der Waals surface area contributed by atoms with Crippen molar-refractivity contribution in [3.8, 4) is 17.2 Å². The lowest BCUT2D eigenvalue weighted by atomic mass is 10.1. The van der Waals surface area contributed by atoms with Crippen molar-refractivity contribution in [3.05, 3.63) is 17.7 Å². The standard InChI is InChI=1S/C15H24N2O4/c1-17(2)8-6-7-16-15(18)11-9-12(19-3)14(21-5)13(10-11)20-4/h9-10H,6-8H2,1-5H3,(H,16,18). The third kappa shape index (κ3) is 4.82. The third-order valence-electron chi connectivity index (χ3n) is 2.99. The molecule has 0 fully saturated rings. The number of carbonyl (C=O) groups excluding carboxylic acids is 1. The van der Waals surface area contributed by atoms with E-state index in [1.165, 1.54) is 21.3 Å². The summed E-state index contributed by atoms with van der Waals surface area (Å²) in [6, 6.07) is 3.28. The second kappa shape index (κ2) is 8.36. The highest BCUT2D eigenvalue weighted by Crippen LogP contribution is 2.38. The van der Waals surface area contributed by atoms with Crippen LogP contribution in [0.25, 0.3) is 0 Å².